The van der Waals surface area contributed by atoms with Crippen LogP contribution in [-0.4, -0.2) is 27.2 Å². The lowest BCUT2D eigenvalue weighted by atomic mass is 10.1. The third-order valence-corrected chi connectivity index (χ3v) is 6.86. The van der Waals surface area contributed by atoms with E-state index in [4.69, 9.17) is 9.47 Å². The lowest BCUT2D eigenvalue weighted by Gasteiger charge is -2.22. The summed E-state index contributed by atoms with van der Waals surface area (Å²) in [6.07, 6.45) is 4.34. The fourth-order valence-corrected chi connectivity index (χ4v) is 4.79. The minimum absolute atomic E-state index is 0.465. The predicted molar refractivity (Wildman–Crippen MR) is 135 cm³/mol. The zero-order valence-corrected chi connectivity index (χ0v) is 20.0. The van der Waals surface area contributed by atoms with Crippen LogP contribution >= 0.6 is 0 Å². The molecule has 1 atom stereocenters. The summed E-state index contributed by atoms with van der Waals surface area (Å²) in [6, 6.07) is 29.5. The summed E-state index contributed by atoms with van der Waals surface area (Å²) in [6.45, 7) is 1.62. The molecule has 3 aromatic carbocycles. The number of nitrogens with zero attached hydrogens (tertiary/aromatic N) is 2. The molecule has 0 N–H and O–H groups in total. The second-order valence-corrected chi connectivity index (χ2v) is 9.28. The average molecular weight is 473 g/mol. The van der Waals surface area contributed by atoms with Gasteiger partial charge in [-0.3, -0.25) is 4.98 Å². The van der Waals surface area contributed by atoms with Crippen LogP contribution in [0.15, 0.2) is 108 Å². The molecule has 0 aliphatic carbocycles. The van der Waals surface area contributed by atoms with Crippen molar-refractivity contribution in [3.05, 3.63) is 120 Å². The van der Waals surface area contributed by atoms with Gasteiger partial charge in [0.2, 0.25) is 0 Å². The molecule has 4 rings (SSSR count). The first-order chi connectivity index (χ1) is 16.7. The van der Waals surface area contributed by atoms with Gasteiger partial charge in [-0.1, -0.05) is 54.6 Å². The van der Waals surface area contributed by atoms with E-state index in [2.05, 4.69) is 4.98 Å². The van der Waals surface area contributed by atoms with Crippen LogP contribution in [0.1, 0.15) is 16.7 Å². The van der Waals surface area contributed by atoms with Crippen molar-refractivity contribution in [3.8, 4) is 11.5 Å². The number of aromatic nitrogens is 1. The van der Waals surface area contributed by atoms with E-state index < -0.39 is 11.0 Å². The van der Waals surface area contributed by atoms with E-state index in [1.807, 2.05) is 95.3 Å². The molecule has 1 unspecified atom stereocenters. The Morgan fingerprint density at radius 2 is 1.50 bits per heavy atom. The number of rotatable bonds is 11. The molecule has 0 bridgehead atoms. The molecule has 0 radical (unpaired) electrons. The Balaban J connectivity index is 1.50. The van der Waals surface area contributed by atoms with Crippen molar-refractivity contribution in [2.45, 2.75) is 24.5 Å². The van der Waals surface area contributed by atoms with Crippen molar-refractivity contribution in [1.29, 1.82) is 0 Å². The number of hydrogen-bond donors (Lipinski definition) is 0. The van der Waals surface area contributed by atoms with E-state index in [0.29, 0.717) is 31.2 Å². The predicted octanol–water partition coefficient (Wildman–Crippen LogP) is 5.44. The standard InChI is InChI=1S/C28H28N2O3S/c1-32-28-20-25(12-13-27(28)33-22-24-8-4-2-5-9-24)21-30(19-16-23-14-17-29-18-15-23)34(31)26-10-6-3-7-11-26/h2-15,17-18,20H,16,19,21-22H2,1H3. The molecule has 174 valence electrons. The van der Waals surface area contributed by atoms with E-state index in [1.165, 1.54) is 0 Å². The Kier molecular flexibility index (Phi) is 8.43. The Labute approximate surface area is 203 Å². The van der Waals surface area contributed by atoms with Crippen LogP contribution in [0.2, 0.25) is 0 Å². The maximum absolute atomic E-state index is 13.4. The van der Waals surface area contributed by atoms with Crippen LogP contribution in [0.3, 0.4) is 0 Å². The highest BCUT2D eigenvalue weighted by Gasteiger charge is 2.17. The van der Waals surface area contributed by atoms with Crippen LogP contribution in [0.5, 0.6) is 11.5 Å². The maximum atomic E-state index is 13.4. The average Bonchev–Trinajstić information content (AvgIpc) is 2.91. The first-order valence-corrected chi connectivity index (χ1v) is 12.3. The summed E-state index contributed by atoms with van der Waals surface area (Å²) in [7, 11) is 0.345. The number of pyridine rings is 1. The number of methoxy groups -OCH3 is 1. The Morgan fingerprint density at radius 1 is 0.794 bits per heavy atom. The van der Waals surface area contributed by atoms with Gasteiger partial charge in [0.25, 0.3) is 0 Å². The van der Waals surface area contributed by atoms with Gasteiger partial charge in [0.15, 0.2) is 11.5 Å². The van der Waals surface area contributed by atoms with Gasteiger partial charge in [0.05, 0.1) is 12.0 Å². The van der Waals surface area contributed by atoms with E-state index in [1.54, 1.807) is 19.5 Å². The smallest absolute Gasteiger partial charge is 0.161 e. The van der Waals surface area contributed by atoms with Gasteiger partial charge in [-0.05, 0) is 59.5 Å². The maximum Gasteiger partial charge on any atom is 0.161 e. The Hall–Kier alpha value is -3.48. The van der Waals surface area contributed by atoms with Crippen LogP contribution in [0.4, 0.5) is 0 Å². The minimum atomic E-state index is -1.29. The quantitative estimate of drug-likeness (QED) is 0.292. The second kappa shape index (κ2) is 12.1. The Morgan fingerprint density at radius 3 is 2.21 bits per heavy atom. The molecular weight excluding hydrogens is 444 g/mol. The highest BCUT2D eigenvalue weighted by molar-refractivity contribution is 7.82. The van der Waals surface area contributed by atoms with Crippen molar-refractivity contribution in [3.63, 3.8) is 0 Å². The van der Waals surface area contributed by atoms with Gasteiger partial charge < -0.3 is 9.47 Å². The summed E-state index contributed by atoms with van der Waals surface area (Å²) >= 11 is 0. The van der Waals surface area contributed by atoms with Crippen molar-refractivity contribution in [2.75, 3.05) is 13.7 Å². The number of benzene rings is 3. The molecule has 0 saturated heterocycles. The van der Waals surface area contributed by atoms with Crippen molar-refractivity contribution in [2.24, 2.45) is 0 Å². The van der Waals surface area contributed by atoms with Gasteiger partial charge in [-0.2, -0.15) is 0 Å². The van der Waals surface area contributed by atoms with Crippen LogP contribution in [-0.2, 0) is 30.6 Å². The Bertz CT molecular complexity index is 1190. The van der Waals surface area contributed by atoms with E-state index in [-0.39, 0.29) is 0 Å². The van der Waals surface area contributed by atoms with E-state index in [0.717, 1.165) is 28.0 Å². The molecule has 0 fully saturated rings. The molecule has 0 amide bonds. The zero-order chi connectivity index (χ0) is 23.6. The van der Waals surface area contributed by atoms with Gasteiger partial charge in [0, 0.05) is 25.5 Å². The van der Waals surface area contributed by atoms with Crippen LogP contribution < -0.4 is 9.47 Å². The van der Waals surface area contributed by atoms with Crippen LogP contribution in [0.25, 0.3) is 0 Å². The lowest BCUT2D eigenvalue weighted by Crippen LogP contribution is -2.28. The lowest BCUT2D eigenvalue weighted by molar-refractivity contribution is 0.284. The van der Waals surface area contributed by atoms with Gasteiger partial charge in [-0.25, -0.2) is 8.51 Å². The molecule has 34 heavy (non-hydrogen) atoms. The largest absolute Gasteiger partial charge is 0.493 e. The SMILES string of the molecule is COc1cc(CN(CCc2ccncc2)S(=O)c2ccccc2)ccc1OCc1ccccc1. The second-order valence-electron chi connectivity index (χ2n) is 7.79. The molecule has 0 aliphatic heterocycles. The minimum Gasteiger partial charge on any atom is -0.493 e. The zero-order valence-electron chi connectivity index (χ0n) is 19.2. The summed E-state index contributed by atoms with van der Waals surface area (Å²) in [5, 5.41) is 0. The first kappa shape index (κ1) is 23.7. The summed E-state index contributed by atoms with van der Waals surface area (Å²) in [5.74, 6) is 1.34. The normalized spacial score (nSPS) is 11.8. The molecule has 4 aromatic rings. The molecule has 5 nitrogen and oxygen atoms in total. The van der Waals surface area contributed by atoms with Gasteiger partial charge in [0.1, 0.15) is 17.6 Å². The summed E-state index contributed by atoms with van der Waals surface area (Å²) in [4.78, 5) is 4.87. The van der Waals surface area contributed by atoms with Gasteiger partial charge >= 0.3 is 0 Å². The topological polar surface area (TPSA) is 51.7 Å². The molecule has 6 heteroatoms. The highest BCUT2D eigenvalue weighted by Crippen LogP contribution is 2.30. The number of hydrogen-bond acceptors (Lipinski definition) is 4. The molecule has 0 saturated carbocycles. The van der Waals surface area contributed by atoms with Crippen molar-refractivity contribution in [1.82, 2.24) is 9.29 Å². The monoisotopic (exact) mass is 472 g/mol. The van der Waals surface area contributed by atoms with E-state index >= 15 is 0 Å². The molecule has 1 aromatic heterocycles. The first-order valence-electron chi connectivity index (χ1n) is 11.2. The highest BCUT2D eigenvalue weighted by atomic mass is 32.2. The summed E-state index contributed by atoms with van der Waals surface area (Å²) in [5.41, 5.74) is 3.25. The summed E-state index contributed by atoms with van der Waals surface area (Å²) < 4.78 is 27.0. The third kappa shape index (κ3) is 6.53. The fraction of sp³-hybridized carbons (Fsp3) is 0.179. The van der Waals surface area contributed by atoms with Crippen molar-refractivity contribution < 1.29 is 13.7 Å². The molecule has 0 spiro atoms. The molecular formula is C28H28N2O3S. The van der Waals surface area contributed by atoms with Gasteiger partial charge in [-0.15, -0.1) is 0 Å². The number of ether oxygens (including phenoxy) is 2. The molecule has 1 heterocycles. The third-order valence-electron chi connectivity index (χ3n) is 5.40. The van der Waals surface area contributed by atoms with Crippen molar-refractivity contribution >= 4 is 11.0 Å². The van der Waals surface area contributed by atoms with E-state index in [9.17, 15) is 4.21 Å². The van der Waals surface area contributed by atoms with Crippen LogP contribution in [0, 0.1) is 0 Å². The molecule has 0 aliphatic rings. The fourth-order valence-electron chi connectivity index (χ4n) is 3.58.